The lowest BCUT2D eigenvalue weighted by Crippen LogP contribution is -2.51. The Morgan fingerprint density at radius 2 is 1.41 bits per heavy atom. The van der Waals surface area contributed by atoms with Crippen LogP contribution in [0.5, 0.6) is 11.5 Å². The van der Waals surface area contributed by atoms with E-state index >= 15 is 0 Å². The third kappa shape index (κ3) is 11.4. The zero-order chi connectivity index (χ0) is 29.8. The summed E-state index contributed by atoms with van der Waals surface area (Å²) < 4.78 is 21.5. The van der Waals surface area contributed by atoms with Gasteiger partial charge in [0.05, 0.1) is 19.6 Å². The number of ether oxygens (including phenoxy) is 4. The van der Waals surface area contributed by atoms with Crippen molar-refractivity contribution in [2.75, 3.05) is 13.7 Å². The molecule has 9 heteroatoms. The van der Waals surface area contributed by atoms with E-state index in [0.717, 1.165) is 12.8 Å². The van der Waals surface area contributed by atoms with Crippen molar-refractivity contribution < 1.29 is 38.1 Å². The van der Waals surface area contributed by atoms with E-state index in [1.807, 2.05) is 41.5 Å². The first kappa shape index (κ1) is 34.1. The number of carbonyl (C=O) groups is 4. The molecule has 0 saturated carbocycles. The van der Waals surface area contributed by atoms with E-state index in [-0.39, 0.29) is 73.4 Å². The van der Waals surface area contributed by atoms with Gasteiger partial charge in [0.2, 0.25) is 0 Å². The van der Waals surface area contributed by atoms with Crippen LogP contribution in [-0.2, 0) is 35.1 Å². The highest BCUT2D eigenvalue weighted by Crippen LogP contribution is 2.32. The molecule has 0 bridgehead atoms. The number of esters is 4. The summed E-state index contributed by atoms with van der Waals surface area (Å²) in [4.78, 5) is 50.0. The van der Waals surface area contributed by atoms with Crippen molar-refractivity contribution in [3.05, 3.63) is 23.8 Å². The van der Waals surface area contributed by atoms with Crippen LogP contribution in [0.25, 0.3) is 0 Å². The monoisotopic (exact) mass is 549 g/mol. The summed E-state index contributed by atoms with van der Waals surface area (Å²) in [5.74, 6) is -1.66. The van der Waals surface area contributed by atoms with Crippen LogP contribution in [0, 0.1) is 23.7 Å². The second kappa shape index (κ2) is 16.2. The predicted molar refractivity (Wildman–Crippen MR) is 148 cm³/mol. The smallest absolute Gasteiger partial charge is 0.326 e. The number of methoxy groups -OCH3 is 1. The lowest BCUT2D eigenvalue weighted by molar-refractivity contribution is -0.153. The van der Waals surface area contributed by atoms with Crippen molar-refractivity contribution in [2.24, 2.45) is 29.4 Å². The van der Waals surface area contributed by atoms with Gasteiger partial charge in [0.1, 0.15) is 5.54 Å². The molecular weight excluding hydrogens is 502 g/mol. The molecule has 0 fully saturated rings. The van der Waals surface area contributed by atoms with Crippen molar-refractivity contribution in [2.45, 2.75) is 92.5 Å². The number of nitrogens with two attached hydrogens (primary N) is 1. The summed E-state index contributed by atoms with van der Waals surface area (Å²) in [5.41, 5.74) is 5.51. The minimum absolute atomic E-state index is 0.00790. The Morgan fingerprint density at radius 3 is 1.90 bits per heavy atom. The molecule has 0 aliphatic rings. The van der Waals surface area contributed by atoms with E-state index in [0.29, 0.717) is 5.56 Å². The molecule has 1 rings (SSSR count). The summed E-state index contributed by atoms with van der Waals surface area (Å²) in [5, 5.41) is 0. The third-order valence-corrected chi connectivity index (χ3v) is 7.16. The van der Waals surface area contributed by atoms with Gasteiger partial charge in [-0.05, 0) is 35.4 Å². The molecule has 0 aromatic heterocycles. The van der Waals surface area contributed by atoms with Gasteiger partial charge in [-0.2, -0.15) is 0 Å². The predicted octanol–water partition coefficient (Wildman–Crippen LogP) is 5.01. The first-order chi connectivity index (χ1) is 18.3. The molecule has 39 heavy (non-hydrogen) atoms. The van der Waals surface area contributed by atoms with Crippen LogP contribution in [0.15, 0.2) is 18.2 Å². The lowest BCUT2D eigenvalue weighted by atomic mass is 9.88. The highest BCUT2D eigenvalue weighted by atomic mass is 16.6. The normalized spacial score (nSPS) is 15.0. The fourth-order valence-corrected chi connectivity index (χ4v) is 3.58. The average molecular weight is 550 g/mol. The standard InChI is InChI=1S/C30H47NO8/c1-9-20(5)15-26(32)38-24-12-11-23(17-25(24)39-27(33)16-21(6)10-2)18-30(31,29(35)36-8)13-14-37-28(34)22(7)19(3)4/h11-12,17,19-22H,9-10,13-16,18,31H2,1-8H3/t20?,21?,22?,30-/m1/s1. The quantitative estimate of drug-likeness (QED) is 0.223. The fourth-order valence-electron chi connectivity index (χ4n) is 3.58. The van der Waals surface area contributed by atoms with Crippen LogP contribution in [0.3, 0.4) is 0 Å². The van der Waals surface area contributed by atoms with Gasteiger partial charge in [-0.1, -0.05) is 67.4 Å². The van der Waals surface area contributed by atoms with Crippen LogP contribution in [-0.4, -0.2) is 43.1 Å². The molecule has 0 radical (unpaired) electrons. The molecule has 3 unspecified atom stereocenters. The van der Waals surface area contributed by atoms with Gasteiger partial charge in [0.15, 0.2) is 11.5 Å². The number of benzene rings is 1. The van der Waals surface area contributed by atoms with Crippen LogP contribution in [0.1, 0.15) is 86.1 Å². The molecule has 0 saturated heterocycles. The lowest BCUT2D eigenvalue weighted by Gasteiger charge is -2.27. The maximum atomic E-state index is 12.7. The highest BCUT2D eigenvalue weighted by Gasteiger charge is 2.36. The molecule has 1 aromatic rings. The summed E-state index contributed by atoms with van der Waals surface area (Å²) >= 11 is 0. The summed E-state index contributed by atoms with van der Waals surface area (Å²) in [6.45, 7) is 13.4. The van der Waals surface area contributed by atoms with E-state index in [1.54, 1.807) is 13.0 Å². The minimum atomic E-state index is -1.51. The Balaban J connectivity index is 3.20. The van der Waals surface area contributed by atoms with Crippen molar-refractivity contribution >= 4 is 23.9 Å². The van der Waals surface area contributed by atoms with Gasteiger partial charge in [-0.3, -0.25) is 19.2 Å². The van der Waals surface area contributed by atoms with Gasteiger partial charge in [0.25, 0.3) is 0 Å². The van der Waals surface area contributed by atoms with Crippen molar-refractivity contribution in [1.29, 1.82) is 0 Å². The topological polar surface area (TPSA) is 131 Å². The molecule has 0 aliphatic heterocycles. The molecule has 4 atom stereocenters. The summed E-state index contributed by atoms with van der Waals surface area (Å²) in [6.07, 6.45) is 2.08. The second-order valence-corrected chi connectivity index (χ2v) is 10.9. The molecule has 1 aromatic carbocycles. The number of rotatable bonds is 16. The zero-order valence-electron chi connectivity index (χ0n) is 24.8. The maximum Gasteiger partial charge on any atom is 0.326 e. The maximum absolute atomic E-state index is 12.7. The molecule has 2 N–H and O–H groups in total. The number of hydrogen-bond acceptors (Lipinski definition) is 9. The first-order valence-electron chi connectivity index (χ1n) is 13.8. The molecule has 220 valence electrons. The summed E-state index contributed by atoms with van der Waals surface area (Å²) in [7, 11) is 1.23. The average Bonchev–Trinajstić information content (AvgIpc) is 2.88. The Bertz CT molecular complexity index is 976. The Kier molecular flexibility index (Phi) is 14.2. The van der Waals surface area contributed by atoms with E-state index in [1.165, 1.54) is 19.2 Å². The number of hydrogen-bond donors (Lipinski definition) is 1. The summed E-state index contributed by atoms with van der Waals surface area (Å²) in [6, 6.07) is 4.71. The van der Waals surface area contributed by atoms with Gasteiger partial charge in [0, 0.05) is 25.7 Å². The van der Waals surface area contributed by atoms with Gasteiger partial charge >= 0.3 is 23.9 Å². The largest absolute Gasteiger partial charge is 0.468 e. The minimum Gasteiger partial charge on any atom is -0.468 e. The molecule has 9 nitrogen and oxygen atoms in total. The van der Waals surface area contributed by atoms with Gasteiger partial charge in [-0.15, -0.1) is 0 Å². The Hall–Kier alpha value is -2.94. The van der Waals surface area contributed by atoms with Crippen LogP contribution in [0.2, 0.25) is 0 Å². The van der Waals surface area contributed by atoms with Crippen LogP contribution >= 0.6 is 0 Å². The van der Waals surface area contributed by atoms with E-state index < -0.39 is 23.4 Å². The van der Waals surface area contributed by atoms with Crippen LogP contribution in [0.4, 0.5) is 0 Å². The molecule has 0 amide bonds. The Morgan fingerprint density at radius 1 is 0.872 bits per heavy atom. The molecular formula is C30H47NO8. The van der Waals surface area contributed by atoms with Crippen LogP contribution < -0.4 is 15.2 Å². The highest BCUT2D eigenvalue weighted by molar-refractivity contribution is 5.81. The van der Waals surface area contributed by atoms with E-state index in [4.69, 9.17) is 24.7 Å². The molecule has 0 heterocycles. The molecule has 0 spiro atoms. The third-order valence-electron chi connectivity index (χ3n) is 7.16. The number of carbonyl (C=O) groups excluding carboxylic acids is 4. The fraction of sp³-hybridized carbons (Fsp3) is 0.667. The second-order valence-electron chi connectivity index (χ2n) is 10.9. The van der Waals surface area contributed by atoms with Gasteiger partial charge in [-0.25, -0.2) is 0 Å². The Labute approximate surface area is 233 Å². The first-order valence-corrected chi connectivity index (χ1v) is 13.8. The zero-order valence-corrected chi connectivity index (χ0v) is 24.8. The SMILES string of the molecule is CCC(C)CC(=O)Oc1ccc(C[C@](N)(CCOC(=O)C(C)C(C)C)C(=O)OC)cc1OC(=O)CC(C)CC. The van der Waals surface area contributed by atoms with E-state index in [9.17, 15) is 19.2 Å². The molecule has 0 aliphatic carbocycles. The van der Waals surface area contributed by atoms with Gasteiger partial charge < -0.3 is 24.7 Å². The van der Waals surface area contributed by atoms with Crippen molar-refractivity contribution in [1.82, 2.24) is 0 Å². The van der Waals surface area contributed by atoms with Crippen molar-refractivity contribution in [3.63, 3.8) is 0 Å². The van der Waals surface area contributed by atoms with Crippen molar-refractivity contribution in [3.8, 4) is 11.5 Å². The van der Waals surface area contributed by atoms with E-state index in [2.05, 4.69) is 0 Å².